The van der Waals surface area contributed by atoms with Crippen molar-refractivity contribution < 1.29 is 13.9 Å². The zero-order valence-electron chi connectivity index (χ0n) is 15.3. The van der Waals surface area contributed by atoms with E-state index in [4.69, 9.17) is 4.74 Å². The Labute approximate surface area is 168 Å². The Kier molecular flexibility index (Phi) is 5.13. The van der Waals surface area contributed by atoms with Crippen LogP contribution in [-0.4, -0.2) is 37.8 Å². The van der Waals surface area contributed by atoms with Gasteiger partial charge < -0.3 is 4.74 Å². The molecule has 0 bridgehead atoms. The molecular formula is C20H15FN4O3S. The molecule has 4 rings (SSSR count). The van der Waals surface area contributed by atoms with Crippen molar-refractivity contribution in [2.24, 2.45) is 0 Å². The molecule has 0 fully saturated rings. The van der Waals surface area contributed by atoms with Crippen LogP contribution in [-0.2, 0) is 0 Å². The summed E-state index contributed by atoms with van der Waals surface area (Å²) in [4.78, 5) is 25.1. The van der Waals surface area contributed by atoms with E-state index in [1.807, 2.05) is 0 Å². The molecule has 0 amide bonds. The number of carbonyl (C=O) groups is 1. The topological polar surface area (TPSA) is 78.5 Å². The van der Waals surface area contributed by atoms with Crippen molar-refractivity contribution >= 4 is 23.2 Å². The number of thioether (sulfide) groups is 1. The van der Waals surface area contributed by atoms with Crippen molar-refractivity contribution in [3.8, 4) is 11.4 Å². The summed E-state index contributed by atoms with van der Waals surface area (Å²) in [5.74, 6) is 0.364. The first-order chi connectivity index (χ1) is 14.1. The maximum absolute atomic E-state index is 13.1. The van der Waals surface area contributed by atoms with E-state index in [9.17, 15) is 14.0 Å². The molecule has 0 aliphatic carbocycles. The molecule has 146 valence electrons. The highest BCUT2D eigenvalue weighted by Crippen LogP contribution is 2.19. The van der Waals surface area contributed by atoms with Crippen LogP contribution in [0.2, 0.25) is 0 Å². The number of nitrogens with zero attached hydrogens (tertiary/aromatic N) is 4. The number of rotatable bonds is 6. The van der Waals surface area contributed by atoms with E-state index < -0.39 is 0 Å². The molecule has 0 N–H and O–H groups in total. The average Bonchev–Trinajstić information content (AvgIpc) is 3.17. The van der Waals surface area contributed by atoms with Crippen LogP contribution in [0.3, 0.4) is 0 Å². The summed E-state index contributed by atoms with van der Waals surface area (Å²) < 4.78 is 21.1. The van der Waals surface area contributed by atoms with Gasteiger partial charge in [0, 0.05) is 23.6 Å². The summed E-state index contributed by atoms with van der Waals surface area (Å²) in [6.45, 7) is 0. The molecule has 0 atom stereocenters. The quantitative estimate of drug-likeness (QED) is 0.359. The van der Waals surface area contributed by atoms with Crippen molar-refractivity contribution in [3.63, 3.8) is 0 Å². The molecule has 7 nitrogen and oxygen atoms in total. The summed E-state index contributed by atoms with van der Waals surface area (Å²) >= 11 is 1.19. The van der Waals surface area contributed by atoms with Crippen LogP contribution in [0, 0.1) is 5.82 Å². The van der Waals surface area contributed by atoms with Gasteiger partial charge in [-0.3, -0.25) is 18.6 Å². The number of ketones is 1. The van der Waals surface area contributed by atoms with E-state index >= 15 is 0 Å². The molecule has 4 aromatic rings. The van der Waals surface area contributed by atoms with Crippen molar-refractivity contribution in [2.45, 2.75) is 5.16 Å². The highest BCUT2D eigenvalue weighted by Gasteiger charge is 2.14. The van der Waals surface area contributed by atoms with Crippen molar-refractivity contribution in [2.75, 3.05) is 12.9 Å². The Hall–Kier alpha value is -3.46. The smallest absolute Gasteiger partial charge is 0.300 e. The van der Waals surface area contributed by atoms with Crippen LogP contribution in [0.5, 0.6) is 5.75 Å². The second kappa shape index (κ2) is 7.88. The zero-order chi connectivity index (χ0) is 20.4. The lowest BCUT2D eigenvalue weighted by atomic mass is 10.1. The predicted molar refractivity (Wildman–Crippen MR) is 107 cm³/mol. The lowest BCUT2D eigenvalue weighted by Gasteiger charge is -2.06. The first-order valence-corrected chi connectivity index (χ1v) is 9.58. The number of Topliss-reactive ketones (excluding diaryl/α,β-unsaturated/α-hetero) is 1. The van der Waals surface area contributed by atoms with E-state index in [0.717, 1.165) is 0 Å². The fourth-order valence-electron chi connectivity index (χ4n) is 2.76. The van der Waals surface area contributed by atoms with Gasteiger partial charge >= 0.3 is 5.56 Å². The summed E-state index contributed by atoms with van der Waals surface area (Å²) in [7, 11) is 1.56. The summed E-state index contributed by atoms with van der Waals surface area (Å²) in [5.41, 5.74) is 0.813. The third kappa shape index (κ3) is 3.77. The van der Waals surface area contributed by atoms with Gasteiger partial charge in [-0.05, 0) is 48.5 Å². The molecule has 9 heteroatoms. The molecule has 0 aliphatic heterocycles. The van der Waals surface area contributed by atoms with E-state index in [1.165, 1.54) is 45.0 Å². The zero-order valence-corrected chi connectivity index (χ0v) is 16.1. The fourth-order valence-corrected chi connectivity index (χ4v) is 3.57. The summed E-state index contributed by atoms with van der Waals surface area (Å²) in [6, 6.07) is 12.4. The molecule has 0 aliphatic rings. The van der Waals surface area contributed by atoms with Gasteiger partial charge in [-0.2, -0.15) is 0 Å². The second-order valence-corrected chi connectivity index (χ2v) is 7.01. The number of benzene rings is 2. The predicted octanol–water partition coefficient (Wildman–Crippen LogP) is 3.00. The van der Waals surface area contributed by atoms with Crippen molar-refractivity contribution in [1.82, 2.24) is 19.2 Å². The summed E-state index contributed by atoms with van der Waals surface area (Å²) in [5, 5.41) is 8.42. The molecule has 2 aromatic heterocycles. The van der Waals surface area contributed by atoms with Crippen molar-refractivity contribution in [1.29, 1.82) is 0 Å². The van der Waals surface area contributed by atoms with Crippen molar-refractivity contribution in [3.05, 3.63) is 82.7 Å². The number of hydrogen-bond acceptors (Lipinski definition) is 6. The normalized spacial score (nSPS) is 11.0. The molecule has 0 spiro atoms. The van der Waals surface area contributed by atoms with Crippen LogP contribution in [0.15, 0.2) is 70.9 Å². The Morgan fingerprint density at radius 2 is 1.79 bits per heavy atom. The minimum Gasteiger partial charge on any atom is -0.497 e. The lowest BCUT2D eigenvalue weighted by Crippen LogP contribution is -2.20. The highest BCUT2D eigenvalue weighted by molar-refractivity contribution is 7.99. The standard InChI is InChI=1S/C20H15FN4O3S/c1-28-16-8-2-13(3-9-16)17(26)12-29-20-23-22-18-19(27)24(10-11-25(18)20)15-6-4-14(21)5-7-15/h2-11H,12H2,1H3. The van der Waals surface area contributed by atoms with E-state index in [1.54, 1.807) is 43.8 Å². The van der Waals surface area contributed by atoms with Gasteiger partial charge in [0.15, 0.2) is 10.9 Å². The van der Waals surface area contributed by atoms with Crippen LogP contribution in [0.4, 0.5) is 4.39 Å². The van der Waals surface area contributed by atoms with Gasteiger partial charge in [0.05, 0.1) is 12.9 Å². The Bertz CT molecular complexity index is 1230. The maximum Gasteiger partial charge on any atom is 0.300 e. The second-order valence-electron chi connectivity index (χ2n) is 6.07. The number of ether oxygens (including phenoxy) is 1. The van der Waals surface area contributed by atoms with Crippen LogP contribution in [0.1, 0.15) is 10.4 Å². The minimum absolute atomic E-state index is 0.0749. The Balaban J connectivity index is 1.56. The largest absolute Gasteiger partial charge is 0.497 e. The SMILES string of the molecule is COc1ccc(C(=O)CSc2nnc3c(=O)n(-c4ccc(F)cc4)ccn23)cc1. The Morgan fingerprint density at radius 3 is 2.48 bits per heavy atom. The molecule has 2 aromatic carbocycles. The molecule has 0 unspecified atom stereocenters. The molecule has 0 saturated carbocycles. The van der Waals surface area contributed by atoms with Gasteiger partial charge in [0.2, 0.25) is 5.65 Å². The molecule has 0 saturated heterocycles. The van der Waals surface area contributed by atoms with Gasteiger partial charge in [0.1, 0.15) is 11.6 Å². The van der Waals surface area contributed by atoms with Gasteiger partial charge in [0.25, 0.3) is 0 Å². The van der Waals surface area contributed by atoms with E-state index in [0.29, 0.717) is 22.2 Å². The number of fused-ring (bicyclic) bond motifs is 1. The van der Waals surface area contributed by atoms with Gasteiger partial charge in [-0.1, -0.05) is 11.8 Å². The van der Waals surface area contributed by atoms with Gasteiger partial charge in [-0.25, -0.2) is 4.39 Å². The summed E-state index contributed by atoms with van der Waals surface area (Å²) in [6.07, 6.45) is 3.20. The van der Waals surface area contributed by atoms with Gasteiger partial charge in [-0.15, -0.1) is 10.2 Å². The van der Waals surface area contributed by atoms with E-state index in [-0.39, 0.29) is 28.6 Å². The van der Waals surface area contributed by atoms with Crippen LogP contribution in [0.25, 0.3) is 11.3 Å². The minimum atomic E-state index is -0.389. The Morgan fingerprint density at radius 1 is 1.07 bits per heavy atom. The van der Waals surface area contributed by atoms with Crippen LogP contribution < -0.4 is 10.3 Å². The first-order valence-electron chi connectivity index (χ1n) is 8.59. The molecular weight excluding hydrogens is 395 g/mol. The first kappa shape index (κ1) is 18.9. The number of methoxy groups -OCH3 is 1. The third-order valence-electron chi connectivity index (χ3n) is 4.29. The fraction of sp³-hybridized carbons (Fsp3) is 0.100. The maximum atomic E-state index is 13.1. The molecule has 29 heavy (non-hydrogen) atoms. The lowest BCUT2D eigenvalue weighted by molar-refractivity contribution is 0.102. The molecule has 2 heterocycles. The van der Waals surface area contributed by atoms with Crippen LogP contribution >= 0.6 is 11.8 Å². The average molecular weight is 410 g/mol. The monoisotopic (exact) mass is 410 g/mol. The number of carbonyl (C=O) groups excluding carboxylic acids is 1. The molecule has 0 radical (unpaired) electrons. The third-order valence-corrected chi connectivity index (χ3v) is 5.23. The van der Waals surface area contributed by atoms with E-state index in [2.05, 4.69) is 10.2 Å². The number of hydrogen-bond donors (Lipinski definition) is 0. The highest BCUT2D eigenvalue weighted by atomic mass is 32.2. The number of halogens is 1. The number of aromatic nitrogens is 4.